The smallest absolute Gasteiger partial charge is 0.270 e. The van der Waals surface area contributed by atoms with Crippen molar-refractivity contribution >= 4 is 52.5 Å². The Balaban J connectivity index is 2.18. The maximum absolute atomic E-state index is 13.3. The average molecular weight is 471 g/mol. The summed E-state index contributed by atoms with van der Waals surface area (Å²) in [4.78, 5) is 27.3. The van der Waals surface area contributed by atoms with E-state index in [0.717, 1.165) is 11.1 Å². The molecule has 32 heavy (non-hydrogen) atoms. The molecular weight excluding hydrogens is 444 g/mol. The van der Waals surface area contributed by atoms with Crippen LogP contribution >= 0.6 is 23.8 Å². The van der Waals surface area contributed by atoms with Gasteiger partial charge in [0.15, 0.2) is 5.11 Å². The van der Waals surface area contributed by atoms with Crippen LogP contribution in [0.2, 0.25) is 5.02 Å². The number of amides is 2. The van der Waals surface area contributed by atoms with Crippen molar-refractivity contribution in [3.63, 3.8) is 0 Å². The van der Waals surface area contributed by atoms with Gasteiger partial charge in [0.2, 0.25) is 0 Å². The molecule has 0 aliphatic carbocycles. The number of hydrogen-bond donors (Lipinski definition) is 2. The Morgan fingerprint density at radius 3 is 2.03 bits per heavy atom. The fraction of sp³-hybridized carbons (Fsp3) is 0.320. The van der Waals surface area contributed by atoms with E-state index in [0.29, 0.717) is 16.3 Å². The largest absolute Gasteiger partial charge is 0.507 e. The van der Waals surface area contributed by atoms with E-state index in [1.807, 2.05) is 53.7 Å². The number of hydrogen-bond acceptors (Lipinski definition) is 4. The number of halogens is 1. The Bertz CT molecular complexity index is 1120. The van der Waals surface area contributed by atoms with Crippen molar-refractivity contribution in [3.8, 4) is 5.75 Å². The number of carbonyl (C=O) groups is 2. The van der Waals surface area contributed by atoms with Gasteiger partial charge in [-0.15, -0.1) is 0 Å². The molecule has 2 amide bonds. The molecule has 0 aromatic heterocycles. The molecule has 0 saturated carbocycles. The van der Waals surface area contributed by atoms with Crippen LogP contribution < -0.4 is 10.2 Å². The maximum atomic E-state index is 13.3. The van der Waals surface area contributed by atoms with Crippen molar-refractivity contribution in [1.82, 2.24) is 5.32 Å². The van der Waals surface area contributed by atoms with Crippen molar-refractivity contribution in [1.29, 1.82) is 0 Å². The normalized spacial score (nSPS) is 16.5. The zero-order chi connectivity index (χ0) is 24.0. The third-order valence-corrected chi connectivity index (χ3v) is 5.86. The molecule has 0 unspecified atom stereocenters. The molecule has 1 heterocycles. The summed E-state index contributed by atoms with van der Waals surface area (Å²) in [5.41, 5.74) is 1.75. The standard InChI is InChI=1S/C25H27ClN2O3S/c1-24(2,3)16-12-14(13-17(20(16)29)25(4,5)6)11-15-21(30)27-23(32)28(22(15)31)19-10-8-7-9-18(19)26/h7-13,29H,1-6H3,(H,27,30,32)/b15-11+. The summed E-state index contributed by atoms with van der Waals surface area (Å²) in [6.45, 7) is 12.0. The van der Waals surface area contributed by atoms with Gasteiger partial charge in [-0.1, -0.05) is 65.3 Å². The molecule has 2 N–H and O–H groups in total. The highest BCUT2D eigenvalue weighted by Crippen LogP contribution is 2.40. The van der Waals surface area contributed by atoms with Gasteiger partial charge in [-0.3, -0.25) is 19.8 Å². The quantitative estimate of drug-likeness (QED) is 0.347. The third-order valence-electron chi connectivity index (χ3n) is 5.25. The van der Waals surface area contributed by atoms with Gasteiger partial charge in [0.25, 0.3) is 11.8 Å². The molecule has 1 fully saturated rings. The van der Waals surface area contributed by atoms with E-state index < -0.39 is 11.8 Å². The molecule has 5 nitrogen and oxygen atoms in total. The van der Waals surface area contributed by atoms with Crippen LogP contribution in [0.5, 0.6) is 5.75 Å². The van der Waals surface area contributed by atoms with Crippen LogP contribution in [0.1, 0.15) is 58.2 Å². The molecule has 0 bridgehead atoms. The van der Waals surface area contributed by atoms with E-state index in [1.165, 1.54) is 11.0 Å². The lowest BCUT2D eigenvalue weighted by Gasteiger charge is -2.30. The average Bonchev–Trinajstić information content (AvgIpc) is 2.65. The molecule has 1 aliphatic heterocycles. The first-order valence-corrected chi connectivity index (χ1v) is 11.0. The highest BCUT2D eigenvalue weighted by molar-refractivity contribution is 7.80. The second-order valence-corrected chi connectivity index (χ2v) is 10.7. The number of carbonyl (C=O) groups excluding carboxylic acids is 2. The first-order valence-electron chi connectivity index (χ1n) is 10.3. The molecule has 0 radical (unpaired) electrons. The zero-order valence-electron chi connectivity index (χ0n) is 19.0. The number of rotatable bonds is 2. The van der Waals surface area contributed by atoms with Crippen LogP contribution in [-0.4, -0.2) is 22.0 Å². The first kappa shape index (κ1) is 24.0. The summed E-state index contributed by atoms with van der Waals surface area (Å²) in [5.74, 6) is -0.911. The number of para-hydroxylation sites is 1. The minimum atomic E-state index is -0.578. The van der Waals surface area contributed by atoms with Crippen molar-refractivity contribution in [2.75, 3.05) is 4.90 Å². The van der Waals surface area contributed by atoms with Gasteiger partial charge in [-0.05, 0) is 59.0 Å². The predicted octanol–water partition coefficient (Wildman–Crippen LogP) is 5.47. The third kappa shape index (κ3) is 4.57. The molecule has 0 atom stereocenters. The van der Waals surface area contributed by atoms with Crippen LogP contribution in [0.15, 0.2) is 42.0 Å². The number of phenolic OH excluding ortho intramolecular Hbond substituents is 1. The van der Waals surface area contributed by atoms with Gasteiger partial charge in [-0.25, -0.2) is 0 Å². The highest BCUT2D eigenvalue weighted by Gasteiger charge is 2.35. The van der Waals surface area contributed by atoms with E-state index in [-0.39, 0.29) is 27.3 Å². The summed E-state index contributed by atoms with van der Waals surface area (Å²) >= 11 is 11.5. The monoisotopic (exact) mass is 470 g/mol. The molecule has 1 aliphatic rings. The zero-order valence-corrected chi connectivity index (χ0v) is 20.6. The van der Waals surface area contributed by atoms with Gasteiger partial charge in [0.05, 0.1) is 10.7 Å². The summed E-state index contributed by atoms with van der Waals surface area (Å²) in [6.07, 6.45) is 1.53. The lowest BCUT2D eigenvalue weighted by molar-refractivity contribution is -0.122. The fourth-order valence-electron chi connectivity index (χ4n) is 3.56. The highest BCUT2D eigenvalue weighted by atomic mass is 35.5. The molecule has 3 rings (SSSR count). The number of aromatic hydroxyl groups is 1. The molecule has 0 spiro atoms. The van der Waals surface area contributed by atoms with Crippen molar-refractivity contribution in [2.45, 2.75) is 52.4 Å². The van der Waals surface area contributed by atoms with E-state index in [9.17, 15) is 14.7 Å². The van der Waals surface area contributed by atoms with Crippen molar-refractivity contribution in [3.05, 3.63) is 63.7 Å². The van der Waals surface area contributed by atoms with Crippen molar-refractivity contribution < 1.29 is 14.7 Å². The number of phenols is 1. The van der Waals surface area contributed by atoms with E-state index >= 15 is 0 Å². The number of nitrogens with zero attached hydrogens (tertiary/aromatic N) is 1. The van der Waals surface area contributed by atoms with Crippen molar-refractivity contribution in [2.24, 2.45) is 0 Å². The van der Waals surface area contributed by atoms with Crippen LogP contribution in [0.3, 0.4) is 0 Å². The minimum absolute atomic E-state index is 0.0262. The molecular formula is C25H27ClN2O3S. The summed E-state index contributed by atoms with van der Waals surface area (Å²) in [6, 6.07) is 10.4. The SMILES string of the molecule is CC(C)(C)c1cc(/C=C2\C(=O)NC(=S)N(c3ccccc3Cl)C2=O)cc(C(C)(C)C)c1O. The molecule has 2 aromatic carbocycles. The van der Waals surface area contributed by atoms with Gasteiger partial charge < -0.3 is 5.11 Å². The Morgan fingerprint density at radius 2 is 1.53 bits per heavy atom. The number of benzene rings is 2. The van der Waals surface area contributed by atoms with Crippen LogP contribution in [0.4, 0.5) is 5.69 Å². The fourth-order valence-corrected chi connectivity index (χ4v) is 4.05. The van der Waals surface area contributed by atoms with Gasteiger partial charge in [0.1, 0.15) is 11.3 Å². The topological polar surface area (TPSA) is 69.6 Å². The predicted molar refractivity (Wildman–Crippen MR) is 133 cm³/mol. The van der Waals surface area contributed by atoms with Crippen LogP contribution in [-0.2, 0) is 20.4 Å². The molecule has 1 saturated heterocycles. The van der Waals surface area contributed by atoms with Gasteiger partial charge in [0, 0.05) is 11.1 Å². The van der Waals surface area contributed by atoms with E-state index in [4.69, 9.17) is 23.8 Å². The summed E-state index contributed by atoms with van der Waals surface area (Å²) in [7, 11) is 0. The first-order chi connectivity index (χ1) is 14.7. The Labute approximate surface area is 199 Å². The molecule has 7 heteroatoms. The summed E-state index contributed by atoms with van der Waals surface area (Å²) in [5, 5.41) is 13.8. The second kappa shape index (κ2) is 8.34. The van der Waals surface area contributed by atoms with Gasteiger partial charge in [-0.2, -0.15) is 0 Å². The lowest BCUT2D eigenvalue weighted by Crippen LogP contribution is -2.54. The van der Waals surface area contributed by atoms with Gasteiger partial charge >= 0.3 is 0 Å². The molecule has 168 valence electrons. The number of thiocarbonyl (C=S) groups is 1. The number of anilines is 1. The second-order valence-electron chi connectivity index (χ2n) is 9.87. The Kier molecular flexibility index (Phi) is 6.24. The van der Waals surface area contributed by atoms with E-state index in [1.54, 1.807) is 24.3 Å². The van der Waals surface area contributed by atoms with Crippen LogP contribution in [0, 0.1) is 0 Å². The van der Waals surface area contributed by atoms with Crippen LogP contribution in [0.25, 0.3) is 6.08 Å². The molecule has 2 aromatic rings. The number of nitrogens with one attached hydrogen (secondary N) is 1. The Hall–Kier alpha value is -2.70. The minimum Gasteiger partial charge on any atom is -0.507 e. The Morgan fingerprint density at radius 1 is 1.00 bits per heavy atom. The summed E-state index contributed by atoms with van der Waals surface area (Å²) < 4.78 is 0. The lowest BCUT2D eigenvalue weighted by atomic mass is 9.78. The maximum Gasteiger partial charge on any atom is 0.270 e. The van der Waals surface area contributed by atoms with E-state index in [2.05, 4.69) is 5.32 Å².